The number of aromatic nitrogens is 2. The predicted molar refractivity (Wildman–Crippen MR) is 91.3 cm³/mol. The first-order valence-corrected chi connectivity index (χ1v) is 8.46. The highest BCUT2D eigenvalue weighted by molar-refractivity contribution is 7.15. The van der Waals surface area contributed by atoms with Crippen molar-refractivity contribution in [2.45, 2.75) is 32.6 Å². The number of nitrogens with one attached hydrogen (secondary N) is 1. The number of amides is 1. The number of imidazole rings is 1. The first-order chi connectivity index (χ1) is 10.8. The van der Waals surface area contributed by atoms with Gasteiger partial charge in [0.15, 0.2) is 4.96 Å². The quantitative estimate of drug-likeness (QED) is 0.677. The average Bonchev–Trinajstić information content (AvgIpc) is 3.09. The van der Waals surface area contributed by atoms with Crippen LogP contribution in [-0.2, 0) is 4.79 Å². The Hall–Kier alpha value is -2.14. The number of hydrogen-bond acceptors (Lipinski definition) is 3. The number of nitrogens with zero attached hydrogens (tertiary/aromatic N) is 2. The molecule has 0 spiro atoms. The minimum atomic E-state index is 0.0868. The van der Waals surface area contributed by atoms with E-state index < -0.39 is 0 Å². The normalized spacial score (nSPS) is 11.0. The molecule has 3 aromatic rings. The van der Waals surface area contributed by atoms with Crippen LogP contribution in [0, 0.1) is 0 Å². The lowest BCUT2D eigenvalue weighted by Crippen LogP contribution is -2.10. The molecule has 0 saturated carbocycles. The molecule has 0 saturated heterocycles. The van der Waals surface area contributed by atoms with E-state index in [4.69, 9.17) is 0 Å². The SMILES string of the molecule is CCCCCC(=O)Nc1ccc(-c2cn3ccsc3n2)cc1. The first kappa shape index (κ1) is 14.8. The third kappa shape index (κ3) is 3.36. The Labute approximate surface area is 133 Å². The molecule has 114 valence electrons. The Morgan fingerprint density at radius 3 is 2.82 bits per heavy atom. The van der Waals surface area contributed by atoms with Crippen molar-refractivity contribution in [3.63, 3.8) is 0 Å². The van der Waals surface area contributed by atoms with Gasteiger partial charge in [-0.05, 0) is 18.6 Å². The van der Waals surface area contributed by atoms with Crippen LogP contribution in [0.2, 0.25) is 0 Å². The number of rotatable bonds is 6. The molecule has 3 rings (SSSR count). The molecular weight excluding hydrogens is 294 g/mol. The molecule has 0 aliphatic heterocycles. The van der Waals surface area contributed by atoms with Crippen molar-refractivity contribution >= 4 is 27.9 Å². The Morgan fingerprint density at radius 1 is 1.27 bits per heavy atom. The lowest BCUT2D eigenvalue weighted by atomic mass is 10.1. The van der Waals surface area contributed by atoms with E-state index in [1.54, 1.807) is 11.3 Å². The minimum Gasteiger partial charge on any atom is -0.326 e. The highest BCUT2D eigenvalue weighted by Gasteiger charge is 2.06. The van der Waals surface area contributed by atoms with Gasteiger partial charge in [0.2, 0.25) is 5.91 Å². The maximum absolute atomic E-state index is 11.8. The highest BCUT2D eigenvalue weighted by Crippen LogP contribution is 2.23. The molecule has 1 amide bonds. The van der Waals surface area contributed by atoms with E-state index in [1.807, 2.05) is 46.4 Å². The molecule has 0 aliphatic rings. The van der Waals surface area contributed by atoms with Crippen molar-refractivity contribution in [1.82, 2.24) is 9.38 Å². The topological polar surface area (TPSA) is 46.4 Å². The lowest BCUT2D eigenvalue weighted by molar-refractivity contribution is -0.116. The molecule has 0 fully saturated rings. The van der Waals surface area contributed by atoms with Gasteiger partial charge >= 0.3 is 0 Å². The van der Waals surface area contributed by atoms with E-state index >= 15 is 0 Å². The Balaban J connectivity index is 1.65. The molecule has 0 radical (unpaired) electrons. The summed E-state index contributed by atoms with van der Waals surface area (Å²) in [7, 11) is 0. The largest absolute Gasteiger partial charge is 0.326 e. The van der Waals surface area contributed by atoms with Crippen molar-refractivity contribution in [2.24, 2.45) is 0 Å². The zero-order chi connectivity index (χ0) is 15.4. The molecule has 2 heterocycles. The van der Waals surface area contributed by atoms with Gasteiger partial charge in [0.05, 0.1) is 5.69 Å². The summed E-state index contributed by atoms with van der Waals surface area (Å²) in [5.41, 5.74) is 2.85. The van der Waals surface area contributed by atoms with Crippen LogP contribution < -0.4 is 5.32 Å². The van der Waals surface area contributed by atoms with Crippen LogP contribution >= 0.6 is 11.3 Å². The third-order valence-corrected chi connectivity index (χ3v) is 4.34. The molecule has 0 bridgehead atoms. The molecule has 1 aromatic carbocycles. The fourth-order valence-electron chi connectivity index (χ4n) is 2.35. The number of thiazole rings is 1. The molecule has 22 heavy (non-hydrogen) atoms. The van der Waals surface area contributed by atoms with Crippen molar-refractivity contribution in [1.29, 1.82) is 0 Å². The Kier molecular flexibility index (Phi) is 4.53. The second-order valence-electron chi connectivity index (χ2n) is 5.30. The first-order valence-electron chi connectivity index (χ1n) is 7.59. The van der Waals surface area contributed by atoms with Crippen LogP contribution in [0.3, 0.4) is 0 Å². The summed E-state index contributed by atoms with van der Waals surface area (Å²) in [6.45, 7) is 2.14. The number of unbranched alkanes of at least 4 members (excludes halogenated alkanes) is 2. The summed E-state index contributed by atoms with van der Waals surface area (Å²) in [6, 6.07) is 7.85. The van der Waals surface area contributed by atoms with Gasteiger partial charge in [0.25, 0.3) is 0 Å². The summed E-state index contributed by atoms with van der Waals surface area (Å²) < 4.78 is 2.02. The standard InChI is InChI=1S/C17H19N3OS/c1-2-3-4-5-16(21)18-14-8-6-13(7-9-14)15-12-20-10-11-22-17(20)19-15/h6-12H,2-5H2,1H3,(H,18,21). The highest BCUT2D eigenvalue weighted by atomic mass is 32.1. The van der Waals surface area contributed by atoms with Crippen molar-refractivity contribution < 1.29 is 4.79 Å². The van der Waals surface area contributed by atoms with Crippen LogP contribution in [0.5, 0.6) is 0 Å². The van der Waals surface area contributed by atoms with E-state index in [1.165, 1.54) is 0 Å². The summed E-state index contributed by atoms with van der Waals surface area (Å²) >= 11 is 1.62. The van der Waals surface area contributed by atoms with Crippen LogP contribution in [0.15, 0.2) is 42.0 Å². The number of carbonyl (C=O) groups excluding carboxylic acids is 1. The fourth-order valence-corrected chi connectivity index (χ4v) is 3.05. The minimum absolute atomic E-state index is 0.0868. The van der Waals surface area contributed by atoms with Crippen LogP contribution in [0.1, 0.15) is 32.6 Å². The van der Waals surface area contributed by atoms with Crippen LogP contribution in [0.4, 0.5) is 5.69 Å². The smallest absolute Gasteiger partial charge is 0.224 e. The maximum atomic E-state index is 11.8. The second kappa shape index (κ2) is 6.75. The summed E-state index contributed by atoms with van der Waals surface area (Å²) in [5.74, 6) is 0.0868. The molecule has 2 aromatic heterocycles. The van der Waals surface area contributed by atoms with Gasteiger partial charge in [-0.2, -0.15) is 0 Å². The maximum Gasteiger partial charge on any atom is 0.224 e. The molecule has 4 nitrogen and oxygen atoms in total. The molecule has 0 atom stereocenters. The van der Waals surface area contributed by atoms with Gasteiger partial charge in [-0.3, -0.25) is 9.20 Å². The van der Waals surface area contributed by atoms with E-state index in [0.29, 0.717) is 6.42 Å². The number of carbonyl (C=O) groups is 1. The predicted octanol–water partition coefficient (Wildman–Crippen LogP) is 4.58. The van der Waals surface area contributed by atoms with Crippen molar-refractivity contribution in [3.8, 4) is 11.3 Å². The molecule has 1 N–H and O–H groups in total. The van der Waals surface area contributed by atoms with E-state index in [0.717, 1.165) is 41.2 Å². The zero-order valence-corrected chi connectivity index (χ0v) is 13.4. The van der Waals surface area contributed by atoms with E-state index in [-0.39, 0.29) is 5.91 Å². The molecule has 0 aliphatic carbocycles. The lowest BCUT2D eigenvalue weighted by Gasteiger charge is -2.05. The Morgan fingerprint density at radius 2 is 2.09 bits per heavy atom. The Bertz CT molecular complexity index is 729. The van der Waals surface area contributed by atoms with Crippen molar-refractivity contribution in [2.75, 3.05) is 5.32 Å². The van der Waals surface area contributed by atoms with Gasteiger partial charge in [-0.25, -0.2) is 4.98 Å². The number of hydrogen-bond donors (Lipinski definition) is 1. The van der Waals surface area contributed by atoms with Gasteiger partial charge < -0.3 is 5.32 Å². The number of fused-ring (bicyclic) bond motifs is 1. The summed E-state index contributed by atoms with van der Waals surface area (Å²) in [5, 5.41) is 4.96. The van der Waals surface area contributed by atoms with Crippen LogP contribution in [0.25, 0.3) is 16.2 Å². The number of anilines is 1. The summed E-state index contributed by atoms with van der Waals surface area (Å²) in [4.78, 5) is 17.4. The summed E-state index contributed by atoms with van der Waals surface area (Å²) in [6.07, 6.45) is 7.79. The van der Waals surface area contributed by atoms with Gasteiger partial charge in [0.1, 0.15) is 0 Å². The third-order valence-electron chi connectivity index (χ3n) is 3.57. The van der Waals surface area contributed by atoms with Crippen molar-refractivity contribution in [3.05, 3.63) is 42.0 Å². The average molecular weight is 313 g/mol. The molecule has 5 heteroatoms. The van der Waals surface area contributed by atoms with Gasteiger partial charge in [-0.15, -0.1) is 11.3 Å². The van der Waals surface area contributed by atoms with Crippen LogP contribution in [-0.4, -0.2) is 15.3 Å². The fraction of sp³-hybridized carbons (Fsp3) is 0.294. The van der Waals surface area contributed by atoms with Gasteiger partial charge in [0, 0.05) is 35.4 Å². The van der Waals surface area contributed by atoms with Gasteiger partial charge in [-0.1, -0.05) is 31.9 Å². The van der Waals surface area contributed by atoms with E-state index in [9.17, 15) is 4.79 Å². The number of benzene rings is 1. The second-order valence-corrected chi connectivity index (χ2v) is 6.17. The van der Waals surface area contributed by atoms with E-state index in [2.05, 4.69) is 17.2 Å². The monoisotopic (exact) mass is 313 g/mol. The molecule has 0 unspecified atom stereocenters. The zero-order valence-electron chi connectivity index (χ0n) is 12.6. The molecular formula is C17H19N3OS.